The third-order valence-electron chi connectivity index (χ3n) is 2.38. The summed E-state index contributed by atoms with van der Waals surface area (Å²) in [7, 11) is 0. The van der Waals surface area contributed by atoms with Crippen molar-refractivity contribution in [3.8, 4) is 0 Å². The van der Waals surface area contributed by atoms with Gasteiger partial charge >= 0.3 is 0 Å². The molecule has 0 amide bonds. The van der Waals surface area contributed by atoms with E-state index in [-0.39, 0.29) is 0 Å². The highest BCUT2D eigenvalue weighted by Gasteiger charge is 2.24. The van der Waals surface area contributed by atoms with Gasteiger partial charge in [-0.3, -0.25) is 0 Å². The Balaban J connectivity index is 2.95. The topological polar surface area (TPSA) is 46.2 Å². The molecule has 1 unspecified atom stereocenters. The van der Waals surface area contributed by atoms with Crippen molar-refractivity contribution in [2.45, 2.75) is 38.8 Å². The molecule has 0 aliphatic carbocycles. The fraction of sp³-hybridized carbons (Fsp3) is 0.500. The zero-order valence-corrected chi connectivity index (χ0v) is 9.12. The molecular formula is C12H19NO. The summed E-state index contributed by atoms with van der Waals surface area (Å²) < 4.78 is 0. The molecule has 0 aliphatic rings. The van der Waals surface area contributed by atoms with Crippen LogP contribution >= 0.6 is 0 Å². The molecule has 0 aromatic heterocycles. The molecule has 0 saturated carbocycles. The summed E-state index contributed by atoms with van der Waals surface area (Å²) >= 11 is 0. The predicted molar refractivity (Wildman–Crippen MR) is 59.0 cm³/mol. The number of benzene rings is 1. The molecule has 1 aromatic carbocycles. The number of aryl methyl sites for hydroxylation is 1. The van der Waals surface area contributed by atoms with Crippen LogP contribution in [0.2, 0.25) is 0 Å². The SMILES string of the molecule is CCc1cccc(C(O)C(C)(C)N)c1. The van der Waals surface area contributed by atoms with Crippen LogP contribution in [0, 0.1) is 0 Å². The maximum atomic E-state index is 9.95. The van der Waals surface area contributed by atoms with Gasteiger partial charge in [-0.25, -0.2) is 0 Å². The number of nitrogens with two attached hydrogens (primary N) is 1. The van der Waals surface area contributed by atoms with Gasteiger partial charge in [-0.2, -0.15) is 0 Å². The van der Waals surface area contributed by atoms with Crippen molar-refractivity contribution < 1.29 is 5.11 Å². The lowest BCUT2D eigenvalue weighted by Crippen LogP contribution is -2.39. The Bertz CT molecular complexity index is 301. The smallest absolute Gasteiger partial charge is 0.0964 e. The summed E-state index contributed by atoms with van der Waals surface area (Å²) in [5, 5.41) is 9.95. The number of hydrogen-bond acceptors (Lipinski definition) is 2. The maximum absolute atomic E-state index is 9.95. The minimum atomic E-state index is -0.603. The standard InChI is InChI=1S/C12H19NO/c1-4-9-6-5-7-10(8-9)11(14)12(2,3)13/h5-8,11,14H,4,13H2,1-3H3. The van der Waals surface area contributed by atoms with E-state index >= 15 is 0 Å². The van der Waals surface area contributed by atoms with Gasteiger partial charge in [0.1, 0.15) is 0 Å². The summed E-state index contributed by atoms with van der Waals surface area (Å²) in [5.41, 5.74) is 7.39. The molecular weight excluding hydrogens is 174 g/mol. The van der Waals surface area contributed by atoms with Crippen molar-refractivity contribution in [2.75, 3.05) is 0 Å². The lowest BCUT2D eigenvalue weighted by atomic mass is 9.91. The zero-order valence-electron chi connectivity index (χ0n) is 9.12. The minimum absolute atomic E-state index is 0.591. The highest BCUT2D eigenvalue weighted by Crippen LogP contribution is 2.23. The summed E-state index contributed by atoms with van der Waals surface area (Å²) in [5.74, 6) is 0. The lowest BCUT2D eigenvalue weighted by Gasteiger charge is -2.26. The molecule has 0 spiro atoms. The van der Waals surface area contributed by atoms with E-state index in [4.69, 9.17) is 5.73 Å². The summed E-state index contributed by atoms with van der Waals surface area (Å²) in [4.78, 5) is 0. The van der Waals surface area contributed by atoms with E-state index < -0.39 is 11.6 Å². The molecule has 78 valence electrons. The van der Waals surface area contributed by atoms with Crippen LogP contribution in [-0.4, -0.2) is 10.6 Å². The molecule has 0 radical (unpaired) electrons. The average Bonchev–Trinajstić information content (AvgIpc) is 2.15. The number of aliphatic hydroxyl groups is 1. The Morgan fingerprint density at radius 1 is 1.43 bits per heavy atom. The summed E-state index contributed by atoms with van der Waals surface area (Å²) in [6, 6.07) is 7.95. The predicted octanol–water partition coefficient (Wildman–Crippen LogP) is 2.02. The Hall–Kier alpha value is -0.860. The van der Waals surface area contributed by atoms with Gasteiger partial charge in [0.15, 0.2) is 0 Å². The van der Waals surface area contributed by atoms with Gasteiger partial charge in [-0.1, -0.05) is 31.2 Å². The second kappa shape index (κ2) is 4.11. The van der Waals surface area contributed by atoms with Crippen LogP contribution in [0.4, 0.5) is 0 Å². The van der Waals surface area contributed by atoms with Crippen LogP contribution in [-0.2, 0) is 6.42 Å². The monoisotopic (exact) mass is 193 g/mol. The molecule has 1 aromatic rings. The first-order valence-electron chi connectivity index (χ1n) is 5.01. The van der Waals surface area contributed by atoms with E-state index in [1.165, 1.54) is 5.56 Å². The molecule has 3 N–H and O–H groups in total. The van der Waals surface area contributed by atoms with Crippen LogP contribution in [0.1, 0.15) is 38.0 Å². The molecule has 2 nitrogen and oxygen atoms in total. The van der Waals surface area contributed by atoms with Gasteiger partial charge in [-0.15, -0.1) is 0 Å². The van der Waals surface area contributed by atoms with Crippen molar-refractivity contribution in [3.63, 3.8) is 0 Å². The van der Waals surface area contributed by atoms with Gasteiger partial charge in [0.05, 0.1) is 6.10 Å². The van der Waals surface area contributed by atoms with Crippen molar-refractivity contribution in [1.82, 2.24) is 0 Å². The Morgan fingerprint density at radius 3 is 2.57 bits per heavy atom. The molecule has 14 heavy (non-hydrogen) atoms. The fourth-order valence-electron chi connectivity index (χ4n) is 1.41. The zero-order chi connectivity index (χ0) is 10.8. The first-order chi connectivity index (χ1) is 6.45. The second-order valence-corrected chi connectivity index (χ2v) is 4.32. The van der Waals surface area contributed by atoms with E-state index in [0.717, 1.165) is 12.0 Å². The highest BCUT2D eigenvalue weighted by atomic mass is 16.3. The second-order valence-electron chi connectivity index (χ2n) is 4.32. The molecule has 0 aliphatic heterocycles. The Kier molecular flexibility index (Phi) is 3.29. The highest BCUT2D eigenvalue weighted by molar-refractivity contribution is 5.26. The minimum Gasteiger partial charge on any atom is -0.387 e. The first-order valence-corrected chi connectivity index (χ1v) is 5.01. The van der Waals surface area contributed by atoms with Gasteiger partial charge in [-0.05, 0) is 31.4 Å². The average molecular weight is 193 g/mol. The number of aliphatic hydroxyl groups excluding tert-OH is 1. The van der Waals surface area contributed by atoms with Gasteiger partial charge in [0, 0.05) is 5.54 Å². The number of rotatable bonds is 3. The van der Waals surface area contributed by atoms with E-state index in [1.54, 1.807) is 0 Å². The normalized spacial score (nSPS) is 14.1. The summed E-state index contributed by atoms with van der Waals surface area (Å²) in [6.07, 6.45) is 0.375. The van der Waals surface area contributed by atoms with Gasteiger partial charge < -0.3 is 10.8 Å². The van der Waals surface area contributed by atoms with Crippen LogP contribution in [0.5, 0.6) is 0 Å². The third kappa shape index (κ3) is 2.56. The molecule has 1 rings (SSSR count). The van der Waals surface area contributed by atoms with Crippen LogP contribution in [0.15, 0.2) is 24.3 Å². The van der Waals surface area contributed by atoms with Crippen LogP contribution < -0.4 is 5.73 Å². The van der Waals surface area contributed by atoms with E-state index in [0.29, 0.717) is 0 Å². The Labute approximate surface area is 85.8 Å². The fourth-order valence-corrected chi connectivity index (χ4v) is 1.41. The summed E-state index contributed by atoms with van der Waals surface area (Å²) in [6.45, 7) is 5.76. The van der Waals surface area contributed by atoms with Crippen molar-refractivity contribution in [1.29, 1.82) is 0 Å². The molecule has 1 atom stereocenters. The molecule has 0 heterocycles. The van der Waals surface area contributed by atoms with Crippen molar-refractivity contribution in [2.24, 2.45) is 5.73 Å². The molecule has 0 fully saturated rings. The maximum Gasteiger partial charge on any atom is 0.0964 e. The molecule has 0 bridgehead atoms. The van der Waals surface area contributed by atoms with E-state index in [2.05, 4.69) is 13.0 Å². The van der Waals surface area contributed by atoms with Gasteiger partial charge in [0.2, 0.25) is 0 Å². The van der Waals surface area contributed by atoms with Crippen molar-refractivity contribution >= 4 is 0 Å². The number of hydrogen-bond donors (Lipinski definition) is 2. The third-order valence-corrected chi connectivity index (χ3v) is 2.38. The van der Waals surface area contributed by atoms with Gasteiger partial charge in [0.25, 0.3) is 0 Å². The Morgan fingerprint density at radius 2 is 2.07 bits per heavy atom. The van der Waals surface area contributed by atoms with Crippen LogP contribution in [0.3, 0.4) is 0 Å². The molecule has 0 saturated heterocycles. The van der Waals surface area contributed by atoms with E-state index in [9.17, 15) is 5.11 Å². The van der Waals surface area contributed by atoms with Crippen molar-refractivity contribution in [3.05, 3.63) is 35.4 Å². The van der Waals surface area contributed by atoms with Crippen LogP contribution in [0.25, 0.3) is 0 Å². The molecule has 2 heteroatoms. The quantitative estimate of drug-likeness (QED) is 0.771. The first kappa shape index (κ1) is 11.2. The largest absolute Gasteiger partial charge is 0.387 e. The van der Waals surface area contributed by atoms with E-state index in [1.807, 2.05) is 32.0 Å². The lowest BCUT2D eigenvalue weighted by molar-refractivity contribution is 0.104.